The van der Waals surface area contributed by atoms with Gasteiger partial charge in [-0.25, -0.2) is 8.78 Å². The number of aliphatic hydroxyl groups excluding tert-OH is 1. The first-order valence-electron chi connectivity index (χ1n) is 6.34. The van der Waals surface area contributed by atoms with Crippen LogP contribution in [0.2, 0.25) is 0 Å². The van der Waals surface area contributed by atoms with E-state index in [4.69, 9.17) is 0 Å². The number of hydrogen-bond acceptors (Lipinski definition) is 3. The summed E-state index contributed by atoms with van der Waals surface area (Å²) in [5, 5.41) is 13.1. The highest BCUT2D eigenvalue weighted by Crippen LogP contribution is 2.17. The maximum absolute atomic E-state index is 13.1. The van der Waals surface area contributed by atoms with Crippen LogP contribution in [0.15, 0.2) is 42.7 Å². The molecule has 0 bridgehead atoms. The third-order valence-electron chi connectivity index (χ3n) is 3.15. The van der Waals surface area contributed by atoms with Crippen molar-refractivity contribution in [1.82, 2.24) is 10.3 Å². The minimum atomic E-state index is -0.955. The van der Waals surface area contributed by atoms with Crippen molar-refractivity contribution in [2.75, 3.05) is 6.54 Å². The molecule has 1 heterocycles. The monoisotopic (exact) mass is 278 g/mol. The Labute approximate surface area is 116 Å². The molecule has 1 aromatic heterocycles. The number of aromatic nitrogens is 1. The Morgan fingerprint density at radius 1 is 1.10 bits per heavy atom. The van der Waals surface area contributed by atoms with E-state index in [1.165, 1.54) is 6.07 Å². The number of halogens is 2. The van der Waals surface area contributed by atoms with Crippen molar-refractivity contribution in [2.45, 2.75) is 19.1 Å². The summed E-state index contributed by atoms with van der Waals surface area (Å²) in [6, 6.07) is 7.18. The molecule has 5 heteroatoms. The van der Waals surface area contributed by atoms with Crippen LogP contribution in [0.5, 0.6) is 0 Å². The summed E-state index contributed by atoms with van der Waals surface area (Å²) < 4.78 is 25.9. The average Bonchev–Trinajstić information content (AvgIpc) is 2.48. The number of benzene rings is 1. The van der Waals surface area contributed by atoms with E-state index in [9.17, 15) is 13.9 Å². The minimum absolute atomic E-state index is 0.0259. The summed E-state index contributed by atoms with van der Waals surface area (Å²) in [4.78, 5) is 3.93. The number of pyridine rings is 1. The van der Waals surface area contributed by atoms with Crippen molar-refractivity contribution in [2.24, 2.45) is 0 Å². The molecule has 0 fully saturated rings. The lowest BCUT2D eigenvalue weighted by Gasteiger charge is -2.17. The van der Waals surface area contributed by atoms with Gasteiger partial charge in [0.05, 0.1) is 6.10 Å². The van der Waals surface area contributed by atoms with Gasteiger partial charge in [-0.05, 0) is 42.3 Å². The zero-order valence-electron chi connectivity index (χ0n) is 11.1. The van der Waals surface area contributed by atoms with Crippen LogP contribution >= 0.6 is 0 Å². The molecule has 0 radical (unpaired) electrons. The Hall–Kier alpha value is -1.85. The van der Waals surface area contributed by atoms with Crippen molar-refractivity contribution < 1.29 is 13.9 Å². The second-order valence-corrected chi connectivity index (χ2v) is 4.60. The van der Waals surface area contributed by atoms with Gasteiger partial charge >= 0.3 is 0 Å². The van der Waals surface area contributed by atoms with Gasteiger partial charge in [-0.3, -0.25) is 4.98 Å². The molecule has 0 aliphatic carbocycles. The first kappa shape index (κ1) is 14.6. The van der Waals surface area contributed by atoms with Crippen molar-refractivity contribution in [3.05, 3.63) is 65.5 Å². The molecule has 20 heavy (non-hydrogen) atoms. The molecule has 0 amide bonds. The highest BCUT2D eigenvalue weighted by molar-refractivity contribution is 5.20. The molecule has 0 saturated carbocycles. The molecule has 2 aromatic rings. The Morgan fingerprint density at radius 3 is 2.45 bits per heavy atom. The number of hydrogen-bond donors (Lipinski definition) is 2. The summed E-state index contributed by atoms with van der Waals surface area (Å²) in [7, 11) is 0. The summed E-state index contributed by atoms with van der Waals surface area (Å²) in [6.07, 6.45) is 2.49. The lowest BCUT2D eigenvalue weighted by atomic mass is 10.1. The molecule has 3 nitrogen and oxygen atoms in total. The van der Waals surface area contributed by atoms with E-state index in [0.29, 0.717) is 5.56 Å². The van der Waals surface area contributed by atoms with Gasteiger partial charge in [0.2, 0.25) is 0 Å². The summed E-state index contributed by atoms with van der Waals surface area (Å²) in [5.74, 6) is -1.87. The second kappa shape index (κ2) is 6.54. The fourth-order valence-corrected chi connectivity index (χ4v) is 1.90. The fraction of sp³-hybridized carbons (Fsp3) is 0.267. The molecular formula is C15H16F2N2O. The lowest BCUT2D eigenvalue weighted by Crippen LogP contribution is -2.24. The Bertz CT molecular complexity index is 563. The van der Waals surface area contributed by atoms with E-state index in [0.717, 1.165) is 17.7 Å². The van der Waals surface area contributed by atoms with Gasteiger partial charge in [0.1, 0.15) is 0 Å². The average molecular weight is 278 g/mol. The van der Waals surface area contributed by atoms with Gasteiger partial charge in [-0.1, -0.05) is 6.07 Å². The van der Waals surface area contributed by atoms with E-state index in [1.807, 2.05) is 19.1 Å². The molecule has 106 valence electrons. The number of rotatable bonds is 5. The second-order valence-electron chi connectivity index (χ2n) is 4.60. The van der Waals surface area contributed by atoms with E-state index in [-0.39, 0.29) is 12.6 Å². The van der Waals surface area contributed by atoms with E-state index in [1.54, 1.807) is 12.4 Å². The lowest BCUT2D eigenvalue weighted by molar-refractivity contribution is 0.170. The van der Waals surface area contributed by atoms with Crippen LogP contribution < -0.4 is 5.32 Å². The highest BCUT2D eigenvalue weighted by Gasteiger charge is 2.12. The Balaban J connectivity index is 1.95. The minimum Gasteiger partial charge on any atom is -0.387 e. The molecule has 0 saturated heterocycles. The van der Waals surface area contributed by atoms with Crippen LogP contribution in [0.25, 0.3) is 0 Å². The SMILES string of the molecule is CC(NCC(O)c1ccc(F)c(F)c1)c1ccncc1. The molecule has 2 rings (SSSR count). The van der Waals surface area contributed by atoms with Crippen LogP contribution in [0.1, 0.15) is 30.2 Å². The van der Waals surface area contributed by atoms with E-state index >= 15 is 0 Å². The maximum atomic E-state index is 13.1. The van der Waals surface area contributed by atoms with Gasteiger partial charge in [0, 0.05) is 25.0 Å². The molecule has 0 aliphatic rings. The van der Waals surface area contributed by atoms with Crippen molar-refractivity contribution in [3.8, 4) is 0 Å². The molecule has 2 N–H and O–H groups in total. The highest BCUT2D eigenvalue weighted by atomic mass is 19.2. The topological polar surface area (TPSA) is 45.1 Å². The van der Waals surface area contributed by atoms with Crippen LogP contribution in [0.4, 0.5) is 8.78 Å². The predicted molar refractivity (Wildman–Crippen MR) is 72.0 cm³/mol. The van der Waals surface area contributed by atoms with Gasteiger partial charge in [-0.2, -0.15) is 0 Å². The van der Waals surface area contributed by atoms with Crippen LogP contribution in [0.3, 0.4) is 0 Å². The van der Waals surface area contributed by atoms with E-state index < -0.39 is 17.7 Å². The molecule has 2 atom stereocenters. The van der Waals surface area contributed by atoms with Crippen molar-refractivity contribution >= 4 is 0 Å². The molecule has 0 spiro atoms. The first-order valence-corrected chi connectivity index (χ1v) is 6.34. The number of nitrogens with zero attached hydrogens (tertiary/aromatic N) is 1. The van der Waals surface area contributed by atoms with Crippen LogP contribution in [0, 0.1) is 11.6 Å². The number of nitrogens with one attached hydrogen (secondary N) is 1. The quantitative estimate of drug-likeness (QED) is 0.884. The zero-order valence-corrected chi connectivity index (χ0v) is 11.1. The summed E-state index contributed by atoms with van der Waals surface area (Å²) in [5.41, 5.74) is 1.39. The van der Waals surface area contributed by atoms with Crippen LogP contribution in [-0.4, -0.2) is 16.6 Å². The number of aliphatic hydroxyl groups is 1. The van der Waals surface area contributed by atoms with Gasteiger partial charge in [-0.15, -0.1) is 0 Å². The first-order chi connectivity index (χ1) is 9.58. The van der Waals surface area contributed by atoms with E-state index in [2.05, 4.69) is 10.3 Å². The molecule has 2 unspecified atom stereocenters. The van der Waals surface area contributed by atoms with Gasteiger partial charge in [0.15, 0.2) is 11.6 Å². The molecule has 1 aromatic carbocycles. The third kappa shape index (κ3) is 3.59. The van der Waals surface area contributed by atoms with Gasteiger partial charge in [0.25, 0.3) is 0 Å². The predicted octanol–water partition coefficient (Wildman–Crippen LogP) is 2.74. The van der Waals surface area contributed by atoms with Crippen molar-refractivity contribution in [1.29, 1.82) is 0 Å². The smallest absolute Gasteiger partial charge is 0.159 e. The van der Waals surface area contributed by atoms with Gasteiger partial charge < -0.3 is 10.4 Å². The fourth-order valence-electron chi connectivity index (χ4n) is 1.90. The Kier molecular flexibility index (Phi) is 4.76. The summed E-state index contributed by atoms with van der Waals surface area (Å²) in [6.45, 7) is 2.20. The van der Waals surface area contributed by atoms with Crippen molar-refractivity contribution in [3.63, 3.8) is 0 Å². The maximum Gasteiger partial charge on any atom is 0.159 e. The normalized spacial score (nSPS) is 14.0. The summed E-state index contributed by atoms with van der Waals surface area (Å²) >= 11 is 0. The molecule has 0 aliphatic heterocycles. The third-order valence-corrected chi connectivity index (χ3v) is 3.15. The Morgan fingerprint density at radius 2 is 1.80 bits per heavy atom. The molecular weight excluding hydrogens is 262 g/mol. The largest absolute Gasteiger partial charge is 0.387 e. The standard InChI is InChI=1S/C15H16F2N2O/c1-10(11-4-6-18-7-5-11)19-9-15(20)12-2-3-13(16)14(17)8-12/h2-8,10,15,19-20H,9H2,1H3. The zero-order chi connectivity index (χ0) is 14.5. The van der Waals surface area contributed by atoms with Crippen LogP contribution in [-0.2, 0) is 0 Å².